The predicted molar refractivity (Wildman–Crippen MR) is 86.2 cm³/mol. The number of piperazine rings is 1. The summed E-state index contributed by atoms with van der Waals surface area (Å²) < 4.78 is 1.50. The summed E-state index contributed by atoms with van der Waals surface area (Å²) >= 11 is 0. The number of aryl methyl sites for hydroxylation is 1. The smallest absolute Gasteiger partial charge is 0.293 e. The highest BCUT2D eigenvalue weighted by Gasteiger charge is 2.24. The Bertz CT molecular complexity index is 780. The van der Waals surface area contributed by atoms with Crippen LogP contribution in [0.4, 0.5) is 11.6 Å². The van der Waals surface area contributed by atoms with Crippen molar-refractivity contribution in [3.63, 3.8) is 0 Å². The Labute approximate surface area is 133 Å². The van der Waals surface area contributed by atoms with Crippen molar-refractivity contribution in [2.24, 2.45) is 7.05 Å². The van der Waals surface area contributed by atoms with E-state index in [9.17, 15) is 9.59 Å². The Hall–Kier alpha value is -2.90. The van der Waals surface area contributed by atoms with E-state index in [1.54, 1.807) is 36.5 Å². The zero-order valence-corrected chi connectivity index (χ0v) is 12.8. The van der Waals surface area contributed by atoms with E-state index in [0.717, 1.165) is 0 Å². The van der Waals surface area contributed by atoms with Crippen LogP contribution in [0.25, 0.3) is 0 Å². The van der Waals surface area contributed by atoms with E-state index < -0.39 is 0 Å². The lowest BCUT2D eigenvalue weighted by Gasteiger charge is -2.35. The number of carbonyl (C=O) groups is 1. The first-order valence-electron chi connectivity index (χ1n) is 7.33. The van der Waals surface area contributed by atoms with Gasteiger partial charge in [0.25, 0.3) is 11.5 Å². The second kappa shape index (κ2) is 6.07. The Balaban J connectivity index is 1.70. The first kappa shape index (κ1) is 15.0. The number of nitrogen functional groups attached to an aromatic ring is 1. The molecule has 120 valence electrons. The number of nitrogens with zero attached hydrogens (tertiary/aromatic N) is 5. The number of aromatic nitrogens is 3. The standard InChI is InChI=1S/C15H18N6O2/c1-19-5-4-18-13(15(19)23)20-6-8-21(9-7-20)14(22)11-2-3-17-12(16)10-11/h2-5,10H,6-9H2,1H3,(H2,16,17). The summed E-state index contributed by atoms with van der Waals surface area (Å²) in [5.74, 6) is 0.675. The number of amides is 1. The van der Waals surface area contributed by atoms with Crippen molar-refractivity contribution in [1.29, 1.82) is 0 Å². The molecule has 3 heterocycles. The van der Waals surface area contributed by atoms with Gasteiger partial charge in [0.1, 0.15) is 5.82 Å². The minimum absolute atomic E-state index is 0.0762. The SMILES string of the molecule is Cn1ccnc(N2CCN(C(=O)c3ccnc(N)c3)CC2)c1=O. The topological polar surface area (TPSA) is 97.3 Å². The number of hydrogen-bond acceptors (Lipinski definition) is 6. The molecule has 0 spiro atoms. The lowest BCUT2D eigenvalue weighted by Crippen LogP contribution is -2.50. The Morgan fingerprint density at radius 1 is 1.17 bits per heavy atom. The summed E-state index contributed by atoms with van der Waals surface area (Å²) in [6.45, 7) is 2.19. The van der Waals surface area contributed by atoms with Crippen molar-refractivity contribution in [2.75, 3.05) is 36.8 Å². The van der Waals surface area contributed by atoms with Crippen LogP contribution in [0.2, 0.25) is 0 Å². The number of anilines is 2. The fourth-order valence-corrected chi connectivity index (χ4v) is 2.59. The van der Waals surface area contributed by atoms with Crippen molar-refractivity contribution in [3.8, 4) is 0 Å². The Kier molecular flexibility index (Phi) is 3.96. The van der Waals surface area contributed by atoms with Crippen molar-refractivity contribution in [1.82, 2.24) is 19.4 Å². The maximum atomic E-state index is 12.5. The monoisotopic (exact) mass is 314 g/mol. The highest BCUT2D eigenvalue weighted by Crippen LogP contribution is 2.12. The summed E-state index contributed by atoms with van der Waals surface area (Å²) in [4.78, 5) is 36.3. The molecular weight excluding hydrogens is 296 g/mol. The fraction of sp³-hybridized carbons (Fsp3) is 0.333. The Morgan fingerprint density at radius 2 is 1.91 bits per heavy atom. The van der Waals surface area contributed by atoms with Crippen LogP contribution in [0, 0.1) is 0 Å². The lowest BCUT2D eigenvalue weighted by atomic mass is 10.2. The van der Waals surface area contributed by atoms with Crippen LogP contribution >= 0.6 is 0 Å². The fourth-order valence-electron chi connectivity index (χ4n) is 2.59. The van der Waals surface area contributed by atoms with Crippen molar-refractivity contribution < 1.29 is 4.79 Å². The molecule has 0 aromatic carbocycles. The van der Waals surface area contributed by atoms with Gasteiger partial charge in [0.2, 0.25) is 0 Å². The second-order valence-corrected chi connectivity index (χ2v) is 5.42. The van der Waals surface area contributed by atoms with Gasteiger partial charge >= 0.3 is 0 Å². The lowest BCUT2D eigenvalue weighted by molar-refractivity contribution is 0.0746. The number of carbonyl (C=O) groups excluding carboxylic acids is 1. The van der Waals surface area contributed by atoms with Crippen molar-refractivity contribution in [2.45, 2.75) is 0 Å². The van der Waals surface area contributed by atoms with Crippen LogP contribution in [0.15, 0.2) is 35.5 Å². The van der Waals surface area contributed by atoms with Crippen LogP contribution in [-0.4, -0.2) is 51.5 Å². The molecule has 2 N–H and O–H groups in total. The maximum absolute atomic E-state index is 12.5. The van der Waals surface area contributed by atoms with Crippen LogP contribution in [0.3, 0.4) is 0 Å². The van der Waals surface area contributed by atoms with Gasteiger partial charge in [-0.1, -0.05) is 0 Å². The summed E-state index contributed by atoms with van der Waals surface area (Å²) in [6, 6.07) is 3.22. The first-order valence-corrected chi connectivity index (χ1v) is 7.33. The molecule has 8 nitrogen and oxygen atoms in total. The van der Waals surface area contributed by atoms with E-state index in [1.165, 1.54) is 10.8 Å². The molecule has 1 saturated heterocycles. The molecule has 0 saturated carbocycles. The second-order valence-electron chi connectivity index (χ2n) is 5.42. The highest BCUT2D eigenvalue weighted by molar-refractivity contribution is 5.94. The zero-order chi connectivity index (χ0) is 16.4. The van der Waals surface area contributed by atoms with Crippen molar-refractivity contribution in [3.05, 3.63) is 46.6 Å². The molecule has 0 aliphatic carbocycles. The molecule has 0 radical (unpaired) electrons. The molecule has 1 amide bonds. The minimum Gasteiger partial charge on any atom is -0.384 e. The van der Waals surface area contributed by atoms with Gasteiger partial charge in [0.15, 0.2) is 5.82 Å². The van der Waals surface area contributed by atoms with Crippen molar-refractivity contribution >= 4 is 17.5 Å². The van der Waals surface area contributed by atoms with Gasteiger partial charge in [-0.25, -0.2) is 9.97 Å². The van der Waals surface area contributed by atoms with E-state index >= 15 is 0 Å². The molecule has 1 fully saturated rings. The molecular formula is C15H18N6O2. The third kappa shape index (κ3) is 3.01. The van der Waals surface area contributed by atoms with E-state index in [2.05, 4.69) is 9.97 Å². The molecule has 0 atom stereocenters. The zero-order valence-electron chi connectivity index (χ0n) is 12.8. The molecule has 8 heteroatoms. The average molecular weight is 314 g/mol. The quantitative estimate of drug-likeness (QED) is 0.819. The van der Waals surface area contributed by atoms with Gasteiger partial charge in [-0.05, 0) is 12.1 Å². The number of hydrogen-bond donors (Lipinski definition) is 1. The normalized spacial score (nSPS) is 14.8. The number of nitrogens with two attached hydrogens (primary N) is 1. The Morgan fingerprint density at radius 3 is 2.61 bits per heavy atom. The van der Waals surface area contributed by atoms with Gasteiger partial charge in [-0.2, -0.15) is 0 Å². The maximum Gasteiger partial charge on any atom is 0.293 e. The van der Waals surface area contributed by atoms with Gasteiger partial charge in [-0.15, -0.1) is 0 Å². The summed E-state index contributed by atoms with van der Waals surface area (Å²) in [5, 5.41) is 0. The molecule has 0 bridgehead atoms. The highest BCUT2D eigenvalue weighted by atomic mass is 16.2. The molecule has 3 rings (SSSR count). The molecule has 1 aliphatic rings. The number of rotatable bonds is 2. The number of pyridine rings is 1. The first-order chi connectivity index (χ1) is 11.1. The molecule has 2 aromatic heterocycles. The van der Waals surface area contributed by atoms with Crippen LogP contribution < -0.4 is 16.2 Å². The summed E-state index contributed by atoms with van der Waals surface area (Å²) in [5.41, 5.74) is 6.02. The van der Waals surface area contributed by atoms with Crippen LogP contribution in [-0.2, 0) is 7.05 Å². The summed E-state index contributed by atoms with van der Waals surface area (Å²) in [6.07, 6.45) is 4.75. The third-order valence-corrected chi connectivity index (χ3v) is 3.89. The third-order valence-electron chi connectivity index (χ3n) is 3.89. The van der Waals surface area contributed by atoms with E-state index in [4.69, 9.17) is 5.73 Å². The van der Waals surface area contributed by atoms with Crippen LogP contribution in [0.1, 0.15) is 10.4 Å². The van der Waals surface area contributed by atoms with Crippen LogP contribution in [0.5, 0.6) is 0 Å². The average Bonchev–Trinajstić information content (AvgIpc) is 2.57. The van der Waals surface area contributed by atoms with E-state index in [0.29, 0.717) is 43.4 Å². The van der Waals surface area contributed by atoms with Gasteiger partial charge in [-0.3, -0.25) is 9.59 Å². The molecule has 23 heavy (non-hydrogen) atoms. The predicted octanol–water partition coefficient (Wildman–Crippen LogP) is -0.280. The minimum atomic E-state index is -0.130. The van der Waals surface area contributed by atoms with Gasteiger partial charge in [0.05, 0.1) is 0 Å². The van der Waals surface area contributed by atoms with Gasteiger partial charge < -0.3 is 20.1 Å². The van der Waals surface area contributed by atoms with E-state index in [1.807, 2.05) is 4.90 Å². The summed E-state index contributed by atoms with van der Waals surface area (Å²) in [7, 11) is 1.70. The van der Waals surface area contributed by atoms with E-state index in [-0.39, 0.29) is 11.5 Å². The van der Waals surface area contributed by atoms with Gasteiger partial charge in [0, 0.05) is 57.4 Å². The molecule has 0 unspecified atom stereocenters. The molecule has 1 aliphatic heterocycles. The largest absolute Gasteiger partial charge is 0.384 e. The molecule has 2 aromatic rings.